The fourth-order valence-corrected chi connectivity index (χ4v) is 3.54. The molecule has 0 bridgehead atoms. The molecular formula is C17H21N3O4. The fraction of sp³-hybridized carbons (Fsp3) is 0.471. The number of benzene rings is 1. The lowest BCUT2D eigenvalue weighted by Gasteiger charge is -2.19. The van der Waals surface area contributed by atoms with Crippen molar-refractivity contribution in [3.63, 3.8) is 0 Å². The predicted molar refractivity (Wildman–Crippen MR) is 88.2 cm³/mol. The molecule has 3 amide bonds. The Labute approximate surface area is 140 Å². The summed E-state index contributed by atoms with van der Waals surface area (Å²) in [6.07, 6.45) is 3.40. The number of fused-ring (bicyclic) bond motifs is 1. The van der Waals surface area contributed by atoms with Gasteiger partial charge in [0.2, 0.25) is 17.7 Å². The number of nitrogen functional groups attached to an aromatic ring is 1. The van der Waals surface area contributed by atoms with Crippen LogP contribution in [0.3, 0.4) is 0 Å². The summed E-state index contributed by atoms with van der Waals surface area (Å²) >= 11 is 0. The second-order valence-electron chi connectivity index (χ2n) is 6.26. The van der Waals surface area contributed by atoms with Gasteiger partial charge in [-0.2, -0.15) is 0 Å². The van der Waals surface area contributed by atoms with Crippen molar-refractivity contribution in [2.75, 3.05) is 24.7 Å². The van der Waals surface area contributed by atoms with Crippen molar-refractivity contribution in [3.05, 3.63) is 18.2 Å². The predicted octanol–water partition coefficient (Wildman–Crippen LogP) is 1.39. The monoisotopic (exact) mass is 331 g/mol. The number of nitrogens with zero attached hydrogens (tertiary/aromatic N) is 1. The summed E-state index contributed by atoms with van der Waals surface area (Å²) in [5.41, 5.74) is 6.69. The number of methoxy groups -OCH3 is 1. The van der Waals surface area contributed by atoms with Gasteiger partial charge in [-0.15, -0.1) is 0 Å². The van der Waals surface area contributed by atoms with Gasteiger partial charge in [0.25, 0.3) is 0 Å². The normalized spacial score (nSPS) is 23.1. The van der Waals surface area contributed by atoms with Gasteiger partial charge in [-0.25, -0.2) is 0 Å². The summed E-state index contributed by atoms with van der Waals surface area (Å²) in [5.74, 6) is -0.809. The molecule has 1 saturated carbocycles. The summed E-state index contributed by atoms with van der Waals surface area (Å²) in [5, 5.41) is 2.66. The van der Waals surface area contributed by atoms with E-state index >= 15 is 0 Å². The Morgan fingerprint density at radius 2 is 1.88 bits per heavy atom. The molecular weight excluding hydrogens is 310 g/mol. The van der Waals surface area contributed by atoms with Crippen molar-refractivity contribution < 1.29 is 19.1 Å². The van der Waals surface area contributed by atoms with Crippen LogP contribution in [0.1, 0.15) is 25.7 Å². The number of imide groups is 1. The smallest absolute Gasteiger partial charge is 0.244 e. The molecule has 1 aromatic carbocycles. The maximum absolute atomic E-state index is 12.4. The van der Waals surface area contributed by atoms with Crippen LogP contribution in [0.25, 0.3) is 0 Å². The van der Waals surface area contributed by atoms with E-state index < -0.39 is 5.91 Å². The molecule has 2 unspecified atom stereocenters. The molecule has 7 heteroatoms. The zero-order valence-corrected chi connectivity index (χ0v) is 13.6. The number of ether oxygens (including phenoxy) is 1. The largest absolute Gasteiger partial charge is 0.495 e. The number of nitrogens with one attached hydrogen (secondary N) is 1. The van der Waals surface area contributed by atoms with E-state index in [2.05, 4.69) is 5.32 Å². The van der Waals surface area contributed by atoms with Gasteiger partial charge in [-0.05, 0) is 31.0 Å². The van der Waals surface area contributed by atoms with Crippen molar-refractivity contribution in [2.45, 2.75) is 25.7 Å². The van der Waals surface area contributed by atoms with E-state index in [0.29, 0.717) is 17.1 Å². The quantitative estimate of drug-likeness (QED) is 0.641. The molecule has 3 rings (SSSR count). The van der Waals surface area contributed by atoms with Crippen molar-refractivity contribution in [2.24, 2.45) is 11.8 Å². The molecule has 0 aromatic heterocycles. The van der Waals surface area contributed by atoms with Gasteiger partial charge in [-0.3, -0.25) is 19.3 Å². The van der Waals surface area contributed by atoms with Gasteiger partial charge in [0.05, 0.1) is 24.6 Å². The first-order valence-electron chi connectivity index (χ1n) is 8.10. The van der Waals surface area contributed by atoms with Crippen LogP contribution in [-0.4, -0.2) is 36.3 Å². The Morgan fingerprint density at radius 1 is 1.25 bits per heavy atom. The second-order valence-corrected chi connectivity index (χ2v) is 6.26. The lowest BCUT2D eigenvalue weighted by atomic mass is 9.81. The molecule has 128 valence electrons. The highest BCUT2D eigenvalue weighted by Crippen LogP contribution is 2.37. The molecule has 7 nitrogen and oxygen atoms in total. The fourth-order valence-electron chi connectivity index (χ4n) is 3.54. The number of amides is 3. The molecule has 1 aliphatic heterocycles. The van der Waals surface area contributed by atoms with Crippen LogP contribution in [0.5, 0.6) is 5.75 Å². The lowest BCUT2D eigenvalue weighted by Crippen LogP contribution is -2.38. The van der Waals surface area contributed by atoms with E-state index in [0.717, 1.165) is 30.6 Å². The number of rotatable bonds is 4. The standard InChI is InChI=1S/C17H21N3O4/c1-24-14-7-6-10(8-13(14)18)19-15(21)9-20-16(22)11-4-2-3-5-12(11)17(20)23/h6-8,11-12H,2-5,9,18H2,1H3,(H,19,21). The Bertz CT molecular complexity index is 664. The molecule has 1 heterocycles. The molecule has 1 saturated heterocycles. The van der Waals surface area contributed by atoms with Gasteiger partial charge in [0.1, 0.15) is 12.3 Å². The van der Waals surface area contributed by atoms with Crippen LogP contribution in [0.2, 0.25) is 0 Å². The minimum Gasteiger partial charge on any atom is -0.495 e. The molecule has 24 heavy (non-hydrogen) atoms. The molecule has 0 spiro atoms. The number of carbonyl (C=O) groups excluding carboxylic acids is 3. The topological polar surface area (TPSA) is 102 Å². The van der Waals surface area contributed by atoms with Crippen LogP contribution >= 0.6 is 0 Å². The van der Waals surface area contributed by atoms with Gasteiger partial charge in [0, 0.05) is 5.69 Å². The molecule has 2 aliphatic rings. The molecule has 1 aromatic rings. The molecule has 2 atom stereocenters. The average Bonchev–Trinajstić information content (AvgIpc) is 2.80. The van der Waals surface area contributed by atoms with Crippen molar-refractivity contribution >= 4 is 29.1 Å². The summed E-state index contributed by atoms with van der Waals surface area (Å²) in [7, 11) is 1.51. The molecule has 0 radical (unpaired) electrons. The summed E-state index contributed by atoms with van der Waals surface area (Å²) in [6, 6.07) is 4.87. The third-order valence-corrected chi connectivity index (χ3v) is 4.75. The Hall–Kier alpha value is -2.57. The number of anilines is 2. The maximum Gasteiger partial charge on any atom is 0.244 e. The van der Waals surface area contributed by atoms with Crippen LogP contribution < -0.4 is 15.8 Å². The SMILES string of the molecule is COc1ccc(NC(=O)CN2C(=O)C3CCCCC3C2=O)cc1N. The van der Waals surface area contributed by atoms with Crippen LogP contribution in [0, 0.1) is 11.8 Å². The summed E-state index contributed by atoms with van der Waals surface area (Å²) < 4.78 is 5.06. The van der Waals surface area contributed by atoms with E-state index in [4.69, 9.17) is 10.5 Å². The summed E-state index contributed by atoms with van der Waals surface area (Å²) in [4.78, 5) is 38.0. The third-order valence-electron chi connectivity index (χ3n) is 4.75. The van der Waals surface area contributed by atoms with E-state index in [1.807, 2.05) is 0 Å². The second kappa shape index (κ2) is 6.51. The van der Waals surface area contributed by atoms with Gasteiger partial charge in [0.15, 0.2) is 0 Å². The highest BCUT2D eigenvalue weighted by Gasteiger charge is 2.48. The molecule has 2 fully saturated rings. The van der Waals surface area contributed by atoms with Crippen molar-refractivity contribution in [1.29, 1.82) is 0 Å². The van der Waals surface area contributed by atoms with Crippen molar-refractivity contribution in [3.8, 4) is 5.75 Å². The number of hydrogen-bond acceptors (Lipinski definition) is 5. The maximum atomic E-state index is 12.4. The van der Waals surface area contributed by atoms with Crippen LogP contribution in [-0.2, 0) is 14.4 Å². The van der Waals surface area contributed by atoms with Crippen LogP contribution in [0.4, 0.5) is 11.4 Å². The molecule has 1 aliphatic carbocycles. The van der Waals surface area contributed by atoms with Gasteiger partial charge < -0.3 is 15.8 Å². The third kappa shape index (κ3) is 2.93. The zero-order valence-electron chi connectivity index (χ0n) is 13.6. The summed E-state index contributed by atoms with van der Waals surface area (Å²) in [6.45, 7) is -0.253. The van der Waals surface area contributed by atoms with Gasteiger partial charge in [-0.1, -0.05) is 12.8 Å². The highest BCUT2D eigenvalue weighted by atomic mass is 16.5. The Morgan fingerprint density at radius 3 is 2.42 bits per heavy atom. The van der Waals surface area contributed by atoms with E-state index in [9.17, 15) is 14.4 Å². The number of nitrogens with two attached hydrogens (primary N) is 1. The van der Waals surface area contributed by atoms with E-state index in [1.165, 1.54) is 7.11 Å². The number of likely N-dealkylation sites (tertiary alicyclic amines) is 1. The first-order chi connectivity index (χ1) is 11.5. The Balaban J connectivity index is 1.65. The first-order valence-corrected chi connectivity index (χ1v) is 8.10. The average molecular weight is 331 g/mol. The molecule has 3 N–H and O–H groups in total. The zero-order chi connectivity index (χ0) is 17.3. The van der Waals surface area contributed by atoms with E-state index in [-0.39, 0.29) is 30.2 Å². The number of hydrogen-bond donors (Lipinski definition) is 2. The highest BCUT2D eigenvalue weighted by molar-refractivity contribution is 6.08. The van der Waals surface area contributed by atoms with Crippen molar-refractivity contribution in [1.82, 2.24) is 4.90 Å². The first kappa shape index (κ1) is 16.3. The van der Waals surface area contributed by atoms with Gasteiger partial charge >= 0.3 is 0 Å². The Kier molecular flexibility index (Phi) is 4.42. The minimum absolute atomic E-state index is 0.214. The van der Waals surface area contributed by atoms with E-state index in [1.54, 1.807) is 18.2 Å². The van der Waals surface area contributed by atoms with Crippen LogP contribution in [0.15, 0.2) is 18.2 Å². The minimum atomic E-state index is -0.417. The lowest BCUT2D eigenvalue weighted by molar-refractivity contribution is -0.142. The number of carbonyl (C=O) groups is 3.